The summed E-state index contributed by atoms with van der Waals surface area (Å²) in [5.41, 5.74) is -0.578. The van der Waals surface area contributed by atoms with Crippen molar-refractivity contribution in [3.8, 4) is 5.75 Å². The van der Waals surface area contributed by atoms with E-state index in [1.54, 1.807) is 13.8 Å². The van der Waals surface area contributed by atoms with Crippen LogP contribution >= 0.6 is 0 Å². The van der Waals surface area contributed by atoms with Crippen LogP contribution in [-0.2, 0) is 9.59 Å². The summed E-state index contributed by atoms with van der Waals surface area (Å²) in [5, 5.41) is 0. The van der Waals surface area contributed by atoms with E-state index < -0.39 is 23.4 Å². The number of benzene rings is 1. The summed E-state index contributed by atoms with van der Waals surface area (Å²) in [6, 6.07) is 4.85. The highest BCUT2D eigenvalue weighted by molar-refractivity contribution is 6.23. The van der Waals surface area contributed by atoms with Gasteiger partial charge in [-0.15, -0.1) is 13.2 Å². The smallest absolute Gasteiger partial charge is 0.406 e. The van der Waals surface area contributed by atoms with Crippen LogP contribution in [0, 0.1) is 17.3 Å². The molecule has 0 N–H and O–H groups in total. The van der Waals surface area contributed by atoms with E-state index >= 15 is 0 Å². The fraction of sp³-hybridized carbons (Fsp3) is 0.636. The number of ether oxygens (including phenoxy) is 1. The van der Waals surface area contributed by atoms with E-state index in [-0.39, 0.29) is 17.5 Å². The zero-order valence-corrected chi connectivity index (χ0v) is 17.7. The van der Waals surface area contributed by atoms with Crippen molar-refractivity contribution in [2.24, 2.45) is 17.3 Å². The van der Waals surface area contributed by atoms with Crippen LogP contribution in [0.15, 0.2) is 24.3 Å². The van der Waals surface area contributed by atoms with Gasteiger partial charge in [-0.05, 0) is 69.5 Å². The lowest BCUT2D eigenvalue weighted by Crippen LogP contribution is -2.33. The predicted molar refractivity (Wildman–Crippen MR) is 107 cm³/mol. The standard InChI is InChI=1S/C22H29F3N2O3/c1-21(2)18(8-4-6-15-7-5-13-26(3)14-15)19(28)27(20(21)29)16-9-11-17(12-10-16)30-22(23,24)25/h9-12,15,18H,4-8,13-14H2,1-3H3. The second kappa shape index (κ2) is 8.57. The topological polar surface area (TPSA) is 49.9 Å². The lowest BCUT2D eigenvalue weighted by atomic mass is 9.77. The lowest BCUT2D eigenvalue weighted by molar-refractivity contribution is -0.274. The minimum absolute atomic E-state index is 0.268. The molecule has 2 aliphatic heterocycles. The zero-order valence-electron chi connectivity index (χ0n) is 17.7. The molecule has 30 heavy (non-hydrogen) atoms. The normalized spacial score (nSPS) is 25.1. The van der Waals surface area contributed by atoms with Crippen molar-refractivity contribution in [1.29, 1.82) is 0 Å². The van der Waals surface area contributed by atoms with E-state index in [0.717, 1.165) is 43.0 Å². The number of hydrogen-bond donors (Lipinski definition) is 0. The Morgan fingerprint density at radius 2 is 1.80 bits per heavy atom. The average Bonchev–Trinajstić information content (AvgIpc) is 2.81. The lowest BCUT2D eigenvalue weighted by Gasteiger charge is -2.30. The molecule has 0 spiro atoms. The summed E-state index contributed by atoms with van der Waals surface area (Å²) in [7, 11) is 2.12. The van der Waals surface area contributed by atoms with Crippen molar-refractivity contribution in [2.45, 2.75) is 52.3 Å². The number of halogens is 3. The van der Waals surface area contributed by atoms with Gasteiger partial charge < -0.3 is 9.64 Å². The Labute approximate surface area is 175 Å². The molecule has 2 heterocycles. The molecule has 2 fully saturated rings. The quantitative estimate of drug-likeness (QED) is 0.624. The van der Waals surface area contributed by atoms with Gasteiger partial charge in [-0.1, -0.05) is 20.3 Å². The van der Waals surface area contributed by atoms with Gasteiger partial charge in [-0.3, -0.25) is 9.59 Å². The Balaban J connectivity index is 1.66. The highest BCUT2D eigenvalue weighted by Gasteiger charge is 2.53. The number of anilines is 1. The molecule has 5 nitrogen and oxygen atoms in total. The van der Waals surface area contributed by atoms with Crippen LogP contribution in [0.2, 0.25) is 0 Å². The first-order valence-electron chi connectivity index (χ1n) is 10.4. The molecule has 166 valence electrons. The maximum Gasteiger partial charge on any atom is 0.573 e. The minimum Gasteiger partial charge on any atom is -0.406 e. The maximum absolute atomic E-state index is 13.1. The van der Waals surface area contributed by atoms with Gasteiger partial charge in [0.15, 0.2) is 0 Å². The number of imide groups is 1. The number of amides is 2. The first kappa shape index (κ1) is 22.6. The van der Waals surface area contributed by atoms with E-state index in [1.807, 2.05) is 0 Å². The van der Waals surface area contributed by atoms with Gasteiger partial charge in [-0.2, -0.15) is 0 Å². The molecule has 2 amide bonds. The van der Waals surface area contributed by atoms with Crippen molar-refractivity contribution in [2.75, 3.05) is 25.0 Å². The molecule has 2 saturated heterocycles. The van der Waals surface area contributed by atoms with E-state index in [4.69, 9.17) is 0 Å². The van der Waals surface area contributed by atoms with E-state index in [0.29, 0.717) is 12.3 Å². The Morgan fingerprint density at radius 3 is 2.40 bits per heavy atom. The second-order valence-electron chi connectivity index (χ2n) is 9.00. The molecule has 0 aromatic heterocycles. The Bertz CT molecular complexity index is 777. The molecule has 0 bridgehead atoms. The van der Waals surface area contributed by atoms with Crippen molar-refractivity contribution >= 4 is 17.5 Å². The van der Waals surface area contributed by atoms with Crippen LogP contribution in [-0.4, -0.2) is 43.2 Å². The van der Waals surface area contributed by atoms with Crippen LogP contribution in [0.5, 0.6) is 5.75 Å². The van der Waals surface area contributed by atoms with Crippen LogP contribution in [0.25, 0.3) is 0 Å². The predicted octanol–water partition coefficient (Wildman–Crippen LogP) is 4.61. The molecule has 8 heteroatoms. The van der Waals surface area contributed by atoms with Crippen molar-refractivity contribution in [1.82, 2.24) is 4.90 Å². The second-order valence-corrected chi connectivity index (χ2v) is 9.00. The third-order valence-corrected chi connectivity index (χ3v) is 6.30. The summed E-state index contributed by atoms with van der Waals surface area (Å²) in [6.45, 7) is 5.74. The maximum atomic E-state index is 13.1. The Hall–Kier alpha value is -2.09. The molecule has 2 aliphatic rings. The average molecular weight is 426 g/mol. The summed E-state index contributed by atoms with van der Waals surface area (Å²) < 4.78 is 40.9. The molecular weight excluding hydrogens is 397 g/mol. The third kappa shape index (κ3) is 4.96. The number of alkyl halides is 3. The van der Waals surface area contributed by atoms with Gasteiger partial charge in [0.2, 0.25) is 11.8 Å². The molecular formula is C22H29F3N2O3. The number of piperidine rings is 1. The highest BCUT2D eigenvalue weighted by Crippen LogP contribution is 2.43. The van der Waals surface area contributed by atoms with Gasteiger partial charge in [0.05, 0.1) is 17.0 Å². The number of nitrogens with zero attached hydrogens (tertiary/aromatic N) is 2. The largest absolute Gasteiger partial charge is 0.573 e. The first-order valence-corrected chi connectivity index (χ1v) is 10.4. The summed E-state index contributed by atoms with van der Waals surface area (Å²) in [4.78, 5) is 29.5. The van der Waals surface area contributed by atoms with Crippen molar-refractivity contribution in [3.63, 3.8) is 0 Å². The summed E-state index contributed by atoms with van der Waals surface area (Å²) in [6.07, 6.45) is 0.128. The van der Waals surface area contributed by atoms with E-state index in [9.17, 15) is 22.8 Å². The number of hydrogen-bond acceptors (Lipinski definition) is 4. The Kier molecular flexibility index (Phi) is 6.45. The van der Waals surface area contributed by atoms with E-state index in [1.165, 1.54) is 25.0 Å². The number of rotatable bonds is 6. The number of likely N-dealkylation sites (tertiary alicyclic amines) is 1. The molecule has 1 aromatic carbocycles. The zero-order chi connectivity index (χ0) is 22.1. The van der Waals surface area contributed by atoms with Gasteiger partial charge in [-0.25, -0.2) is 4.90 Å². The number of carbonyl (C=O) groups is 2. The van der Waals surface area contributed by atoms with Gasteiger partial charge in [0.25, 0.3) is 0 Å². The summed E-state index contributed by atoms with van der Waals surface area (Å²) >= 11 is 0. The van der Waals surface area contributed by atoms with Crippen molar-refractivity contribution in [3.05, 3.63) is 24.3 Å². The van der Waals surface area contributed by atoms with Gasteiger partial charge in [0.1, 0.15) is 5.75 Å². The van der Waals surface area contributed by atoms with Crippen molar-refractivity contribution < 1.29 is 27.5 Å². The highest BCUT2D eigenvalue weighted by atomic mass is 19.4. The molecule has 1 aromatic rings. The third-order valence-electron chi connectivity index (χ3n) is 6.30. The fourth-order valence-electron chi connectivity index (χ4n) is 4.65. The van der Waals surface area contributed by atoms with Crippen LogP contribution in [0.1, 0.15) is 46.0 Å². The van der Waals surface area contributed by atoms with E-state index in [2.05, 4.69) is 16.7 Å². The van der Waals surface area contributed by atoms with Crippen LogP contribution in [0.3, 0.4) is 0 Å². The van der Waals surface area contributed by atoms with Crippen LogP contribution < -0.4 is 9.64 Å². The number of carbonyl (C=O) groups excluding carboxylic acids is 2. The SMILES string of the molecule is CN1CCCC(CCCC2C(=O)N(c3ccc(OC(F)(F)F)cc3)C(=O)C2(C)C)C1. The molecule has 0 saturated carbocycles. The molecule has 2 unspecified atom stereocenters. The fourth-order valence-corrected chi connectivity index (χ4v) is 4.65. The summed E-state index contributed by atoms with van der Waals surface area (Å²) in [5.74, 6) is -0.804. The molecule has 3 rings (SSSR count). The van der Waals surface area contributed by atoms with Gasteiger partial charge in [0, 0.05) is 6.54 Å². The van der Waals surface area contributed by atoms with Crippen LogP contribution in [0.4, 0.5) is 18.9 Å². The Morgan fingerprint density at radius 1 is 1.13 bits per heavy atom. The monoisotopic (exact) mass is 426 g/mol. The minimum atomic E-state index is -4.79. The van der Waals surface area contributed by atoms with Gasteiger partial charge >= 0.3 is 6.36 Å². The molecule has 2 atom stereocenters. The molecule has 0 aliphatic carbocycles. The first-order chi connectivity index (χ1) is 14.0. The molecule has 0 radical (unpaired) electrons.